The fourth-order valence-corrected chi connectivity index (χ4v) is 1.25. The van der Waals surface area contributed by atoms with Crippen molar-refractivity contribution in [2.75, 3.05) is 5.73 Å². The Hall–Kier alpha value is -1.22. The van der Waals surface area contributed by atoms with Gasteiger partial charge >= 0.3 is 0 Å². The lowest BCUT2D eigenvalue weighted by Crippen LogP contribution is -2.03. The molecule has 0 heterocycles. The number of nitrogens with two attached hydrogens (primary N) is 2. The highest BCUT2D eigenvalue weighted by molar-refractivity contribution is 5.58. The molecular weight excluding hydrogens is 152 g/mol. The average molecular weight is 166 g/mol. The van der Waals surface area contributed by atoms with Gasteiger partial charge < -0.3 is 16.6 Å². The van der Waals surface area contributed by atoms with Crippen molar-refractivity contribution in [1.82, 2.24) is 0 Å². The molecule has 0 radical (unpaired) electrons. The predicted molar refractivity (Wildman–Crippen MR) is 49.9 cm³/mol. The van der Waals surface area contributed by atoms with Crippen LogP contribution in [0.2, 0.25) is 0 Å². The number of aryl methyl sites for hydroxylation is 1. The van der Waals surface area contributed by atoms with Gasteiger partial charge in [0.2, 0.25) is 0 Å². The molecule has 0 aromatic heterocycles. The van der Waals surface area contributed by atoms with Crippen LogP contribution in [0.4, 0.5) is 5.69 Å². The topological polar surface area (TPSA) is 72.3 Å². The fraction of sp³-hybridized carbons (Fsp3) is 0.333. The minimum Gasteiger partial charge on any atom is -0.507 e. The molecule has 0 aliphatic heterocycles. The van der Waals surface area contributed by atoms with Crippen LogP contribution in [0.25, 0.3) is 0 Å². The van der Waals surface area contributed by atoms with Gasteiger partial charge in [-0.3, -0.25) is 0 Å². The van der Waals surface area contributed by atoms with Crippen LogP contribution in [0.15, 0.2) is 6.07 Å². The first-order valence-electron chi connectivity index (χ1n) is 3.85. The molecule has 66 valence electrons. The van der Waals surface area contributed by atoms with Crippen molar-refractivity contribution >= 4 is 5.69 Å². The Labute approximate surface area is 72.0 Å². The summed E-state index contributed by atoms with van der Waals surface area (Å²) >= 11 is 0. The van der Waals surface area contributed by atoms with Gasteiger partial charge in [0.05, 0.1) is 0 Å². The summed E-state index contributed by atoms with van der Waals surface area (Å²) in [6, 6.07) is 1.75. The molecule has 0 atom stereocenters. The quantitative estimate of drug-likeness (QED) is 0.431. The zero-order valence-electron chi connectivity index (χ0n) is 7.39. The zero-order valence-corrected chi connectivity index (χ0v) is 7.39. The molecule has 1 aromatic rings. The Balaban J connectivity index is 3.42. The summed E-state index contributed by atoms with van der Waals surface area (Å²) < 4.78 is 0. The van der Waals surface area contributed by atoms with Crippen molar-refractivity contribution in [3.05, 3.63) is 22.8 Å². The average Bonchev–Trinajstić information content (AvgIpc) is 2.02. The van der Waals surface area contributed by atoms with E-state index < -0.39 is 0 Å². The van der Waals surface area contributed by atoms with Gasteiger partial charge in [0.25, 0.3) is 0 Å². The van der Waals surface area contributed by atoms with Gasteiger partial charge in [0.15, 0.2) is 0 Å². The first kappa shape index (κ1) is 8.87. The fourth-order valence-electron chi connectivity index (χ4n) is 1.25. The highest BCUT2D eigenvalue weighted by atomic mass is 16.3. The summed E-state index contributed by atoms with van der Waals surface area (Å²) in [5.41, 5.74) is 14.3. The molecule has 1 rings (SSSR count). The van der Waals surface area contributed by atoms with Crippen molar-refractivity contribution in [3.63, 3.8) is 0 Å². The molecule has 0 unspecified atom stereocenters. The molecule has 12 heavy (non-hydrogen) atoms. The highest BCUT2D eigenvalue weighted by Crippen LogP contribution is 2.28. The number of benzene rings is 1. The van der Waals surface area contributed by atoms with E-state index in [0.29, 0.717) is 12.2 Å². The van der Waals surface area contributed by atoms with Crippen LogP contribution in [-0.2, 0) is 6.54 Å². The standard InChI is InChI=1S/C9H14N2O/c1-5-3-8(11)6(2)7(4-10)9(5)12/h3,12H,4,10-11H2,1-2H3. The Morgan fingerprint density at radius 3 is 2.50 bits per heavy atom. The number of hydrogen-bond acceptors (Lipinski definition) is 3. The summed E-state index contributed by atoms with van der Waals surface area (Å²) in [4.78, 5) is 0. The van der Waals surface area contributed by atoms with E-state index in [1.165, 1.54) is 0 Å². The lowest BCUT2D eigenvalue weighted by Gasteiger charge is -2.11. The van der Waals surface area contributed by atoms with E-state index in [1.54, 1.807) is 6.07 Å². The molecule has 0 amide bonds. The molecule has 0 spiro atoms. The van der Waals surface area contributed by atoms with E-state index in [2.05, 4.69) is 0 Å². The second-order valence-electron chi connectivity index (χ2n) is 2.94. The number of aromatic hydroxyl groups is 1. The number of phenolic OH excluding ortho intramolecular Hbond substituents is 1. The first-order valence-corrected chi connectivity index (χ1v) is 3.85. The normalized spacial score (nSPS) is 10.2. The maximum absolute atomic E-state index is 9.57. The van der Waals surface area contributed by atoms with Crippen LogP contribution in [0.3, 0.4) is 0 Å². The predicted octanol–water partition coefficient (Wildman–Crippen LogP) is 1.05. The smallest absolute Gasteiger partial charge is 0.123 e. The Morgan fingerprint density at radius 1 is 1.42 bits per heavy atom. The molecule has 3 heteroatoms. The van der Waals surface area contributed by atoms with Crippen molar-refractivity contribution in [2.45, 2.75) is 20.4 Å². The van der Waals surface area contributed by atoms with Gasteiger partial charge in [-0.2, -0.15) is 0 Å². The second-order valence-corrected chi connectivity index (χ2v) is 2.94. The summed E-state index contributed by atoms with van der Waals surface area (Å²) in [6.45, 7) is 3.99. The van der Waals surface area contributed by atoms with Crippen molar-refractivity contribution in [1.29, 1.82) is 0 Å². The largest absolute Gasteiger partial charge is 0.507 e. The molecule has 1 aromatic carbocycles. The Bertz CT molecular complexity index is 282. The number of rotatable bonds is 1. The molecule has 0 saturated heterocycles. The third-order valence-electron chi connectivity index (χ3n) is 2.12. The Morgan fingerprint density at radius 2 is 2.00 bits per heavy atom. The van der Waals surface area contributed by atoms with Crippen molar-refractivity contribution in [3.8, 4) is 5.75 Å². The molecule has 0 aliphatic carbocycles. The highest BCUT2D eigenvalue weighted by Gasteiger charge is 2.08. The second kappa shape index (κ2) is 3.03. The van der Waals surface area contributed by atoms with Crippen LogP contribution in [-0.4, -0.2) is 5.11 Å². The molecule has 3 nitrogen and oxygen atoms in total. The van der Waals surface area contributed by atoms with E-state index in [-0.39, 0.29) is 5.75 Å². The van der Waals surface area contributed by atoms with Gasteiger partial charge in [0, 0.05) is 17.8 Å². The minimum absolute atomic E-state index is 0.268. The van der Waals surface area contributed by atoms with E-state index in [1.807, 2.05) is 13.8 Å². The molecular formula is C9H14N2O. The van der Waals surface area contributed by atoms with Crippen LogP contribution < -0.4 is 11.5 Å². The minimum atomic E-state index is 0.268. The third kappa shape index (κ3) is 1.23. The first-order chi connectivity index (χ1) is 5.57. The van der Waals surface area contributed by atoms with Crippen molar-refractivity contribution in [2.24, 2.45) is 5.73 Å². The van der Waals surface area contributed by atoms with Crippen LogP contribution >= 0.6 is 0 Å². The number of phenols is 1. The lowest BCUT2D eigenvalue weighted by atomic mass is 10.0. The Kier molecular flexibility index (Phi) is 2.24. The van der Waals surface area contributed by atoms with Crippen molar-refractivity contribution < 1.29 is 5.11 Å². The number of hydrogen-bond donors (Lipinski definition) is 3. The third-order valence-corrected chi connectivity index (χ3v) is 2.12. The maximum atomic E-state index is 9.57. The number of nitrogen functional groups attached to an aromatic ring is 1. The lowest BCUT2D eigenvalue weighted by molar-refractivity contribution is 0.463. The zero-order chi connectivity index (χ0) is 9.30. The van der Waals surface area contributed by atoms with Gasteiger partial charge in [-0.15, -0.1) is 0 Å². The van der Waals surface area contributed by atoms with Gasteiger partial charge in [-0.05, 0) is 31.0 Å². The van der Waals surface area contributed by atoms with E-state index >= 15 is 0 Å². The molecule has 5 N–H and O–H groups in total. The summed E-state index contributed by atoms with van der Waals surface area (Å²) in [5, 5.41) is 9.57. The summed E-state index contributed by atoms with van der Waals surface area (Å²) in [6.07, 6.45) is 0. The summed E-state index contributed by atoms with van der Waals surface area (Å²) in [5.74, 6) is 0.268. The van der Waals surface area contributed by atoms with E-state index in [9.17, 15) is 5.11 Å². The monoisotopic (exact) mass is 166 g/mol. The van der Waals surface area contributed by atoms with Crippen LogP contribution in [0.1, 0.15) is 16.7 Å². The molecule has 0 bridgehead atoms. The molecule has 0 fully saturated rings. The van der Waals surface area contributed by atoms with E-state index in [4.69, 9.17) is 11.5 Å². The van der Waals surface area contributed by atoms with Gasteiger partial charge in [-0.1, -0.05) is 0 Å². The SMILES string of the molecule is Cc1cc(N)c(C)c(CN)c1O. The summed E-state index contributed by atoms with van der Waals surface area (Å²) in [7, 11) is 0. The van der Waals surface area contributed by atoms with Crippen LogP contribution in [0.5, 0.6) is 5.75 Å². The molecule has 0 saturated carbocycles. The van der Waals surface area contributed by atoms with Gasteiger partial charge in [0.1, 0.15) is 5.75 Å². The molecule has 0 aliphatic rings. The number of anilines is 1. The maximum Gasteiger partial charge on any atom is 0.123 e. The van der Waals surface area contributed by atoms with E-state index in [0.717, 1.165) is 16.7 Å². The van der Waals surface area contributed by atoms with Crippen LogP contribution in [0, 0.1) is 13.8 Å². The van der Waals surface area contributed by atoms with Gasteiger partial charge in [-0.25, -0.2) is 0 Å².